The van der Waals surface area contributed by atoms with Crippen LogP contribution in [0, 0.1) is 0 Å². The van der Waals surface area contributed by atoms with Gasteiger partial charge in [0.05, 0.1) is 18.3 Å². The molecule has 0 saturated heterocycles. The number of carbonyl (C=O) groups is 1. The average Bonchev–Trinajstić information content (AvgIpc) is 2.26. The molecule has 0 aliphatic rings. The fourth-order valence-corrected chi connectivity index (χ4v) is 0.949. The molecule has 94 valence electrons. The van der Waals surface area contributed by atoms with E-state index in [1.165, 1.54) is 0 Å². The van der Waals surface area contributed by atoms with Crippen LogP contribution in [0.15, 0.2) is 18.5 Å². The molecule has 1 aromatic heterocycles. The molecule has 0 bridgehead atoms. The van der Waals surface area contributed by atoms with Crippen molar-refractivity contribution in [2.75, 3.05) is 6.54 Å². The maximum atomic E-state index is 12.5. The van der Waals surface area contributed by atoms with Crippen LogP contribution in [0.3, 0.4) is 0 Å². The van der Waals surface area contributed by atoms with Crippen LogP contribution in [0.4, 0.5) is 17.6 Å². The van der Waals surface area contributed by atoms with Crippen molar-refractivity contribution in [1.29, 1.82) is 0 Å². The third-order valence-corrected chi connectivity index (χ3v) is 1.85. The number of amides is 1. The first-order chi connectivity index (χ1) is 7.84. The Bertz CT molecular complexity index is 412. The molecule has 0 aromatic carbocycles. The number of carbonyl (C=O) groups excluding carboxylic acids is 1. The van der Waals surface area contributed by atoms with Crippen molar-refractivity contribution >= 4 is 5.91 Å². The van der Waals surface area contributed by atoms with Gasteiger partial charge in [-0.2, -0.15) is 8.78 Å². The molecule has 1 heterocycles. The van der Waals surface area contributed by atoms with Crippen molar-refractivity contribution in [2.45, 2.75) is 12.3 Å². The molecule has 0 spiro atoms. The monoisotopic (exact) mass is 252 g/mol. The number of aromatic nitrogens is 1. The highest BCUT2D eigenvalue weighted by Gasteiger charge is 2.40. The van der Waals surface area contributed by atoms with Gasteiger partial charge in [-0.3, -0.25) is 9.78 Å². The highest BCUT2D eigenvalue weighted by molar-refractivity contribution is 5.96. The first kappa shape index (κ1) is 13.2. The van der Waals surface area contributed by atoms with Crippen LogP contribution in [-0.4, -0.2) is 34.9 Å². The van der Waals surface area contributed by atoms with E-state index in [-0.39, 0.29) is 5.56 Å². The summed E-state index contributed by atoms with van der Waals surface area (Å²) in [5.74, 6) is -5.91. The SMILES string of the molecule is O=C(NCC(F)(F)C(F)F)c1ccncc1O. The van der Waals surface area contributed by atoms with E-state index in [0.29, 0.717) is 0 Å². The van der Waals surface area contributed by atoms with Crippen molar-refractivity contribution in [3.63, 3.8) is 0 Å². The van der Waals surface area contributed by atoms with E-state index in [9.17, 15) is 22.4 Å². The van der Waals surface area contributed by atoms with Crippen molar-refractivity contribution < 1.29 is 27.5 Å². The summed E-state index contributed by atoms with van der Waals surface area (Å²) in [6.45, 7) is -1.51. The number of nitrogens with one attached hydrogen (secondary N) is 1. The predicted molar refractivity (Wildman–Crippen MR) is 49.2 cm³/mol. The van der Waals surface area contributed by atoms with E-state index >= 15 is 0 Å². The summed E-state index contributed by atoms with van der Waals surface area (Å²) in [7, 11) is 0. The van der Waals surface area contributed by atoms with Crippen LogP contribution in [0.2, 0.25) is 0 Å². The second kappa shape index (κ2) is 4.98. The molecule has 2 N–H and O–H groups in total. The summed E-state index contributed by atoms with van der Waals surface area (Å²) < 4.78 is 48.5. The molecule has 1 rings (SSSR count). The predicted octanol–water partition coefficient (Wildman–Crippen LogP) is 1.42. The molecule has 0 fully saturated rings. The van der Waals surface area contributed by atoms with Crippen LogP contribution in [0.25, 0.3) is 0 Å². The molecule has 0 radical (unpaired) electrons. The van der Waals surface area contributed by atoms with Gasteiger partial charge in [0.15, 0.2) is 0 Å². The van der Waals surface area contributed by atoms with E-state index in [2.05, 4.69) is 4.98 Å². The number of rotatable bonds is 4. The van der Waals surface area contributed by atoms with Gasteiger partial charge in [-0.1, -0.05) is 0 Å². The van der Waals surface area contributed by atoms with Gasteiger partial charge in [0.2, 0.25) is 0 Å². The van der Waals surface area contributed by atoms with Crippen molar-refractivity contribution in [1.82, 2.24) is 10.3 Å². The number of hydrogen-bond donors (Lipinski definition) is 2. The summed E-state index contributed by atoms with van der Waals surface area (Å²) in [5, 5.41) is 10.8. The van der Waals surface area contributed by atoms with Crippen LogP contribution in [-0.2, 0) is 0 Å². The Kier molecular flexibility index (Phi) is 3.87. The Balaban J connectivity index is 2.66. The fraction of sp³-hybridized carbons (Fsp3) is 0.333. The van der Waals surface area contributed by atoms with Gasteiger partial charge in [-0.15, -0.1) is 0 Å². The molecule has 4 nitrogen and oxygen atoms in total. The van der Waals surface area contributed by atoms with Crippen LogP contribution in [0.5, 0.6) is 5.75 Å². The topological polar surface area (TPSA) is 62.2 Å². The normalized spacial score (nSPS) is 11.6. The van der Waals surface area contributed by atoms with E-state index in [1.807, 2.05) is 0 Å². The Morgan fingerprint density at radius 3 is 2.71 bits per heavy atom. The first-order valence-corrected chi connectivity index (χ1v) is 4.41. The average molecular weight is 252 g/mol. The van der Waals surface area contributed by atoms with Crippen molar-refractivity contribution in [2.24, 2.45) is 0 Å². The van der Waals surface area contributed by atoms with Gasteiger partial charge in [-0.05, 0) is 6.07 Å². The number of halogens is 4. The molecule has 0 atom stereocenters. The Morgan fingerprint density at radius 2 is 2.18 bits per heavy atom. The molecule has 0 aliphatic carbocycles. The summed E-state index contributed by atoms with van der Waals surface area (Å²) in [6, 6.07) is 1.07. The minimum atomic E-state index is -4.31. The molecule has 0 saturated carbocycles. The van der Waals surface area contributed by atoms with Crippen LogP contribution < -0.4 is 5.32 Å². The van der Waals surface area contributed by atoms with Gasteiger partial charge in [-0.25, -0.2) is 8.78 Å². The summed E-state index contributed by atoms with van der Waals surface area (Å²) >= 11 is 0. The third-order valence-electron chi connectivity index (χ3n) is 1.85. The Morgan fingerprint density at radius 1 is 1.53 bits per heavy atom. The van der Waals surface area contributed by atoms with Crippen molar-refractivity contribution in [3.05, 3.63) is 24.0 Å². The Labute approximate surface area is 93.3 Å². The number of pyridine rings is 1. The third kappa shape index (κ3) is 3.30. The zero-order valence-corrected chi connectivity index (χ0v) is 8.33. The lowest BCUT2D eigenvalue weighted by atomic mass is 10.2. The molecular formula is C9H8F4N2O2. The summed E-state index contributed by atoms with van der Waals surface area (Å²) in [6.07, 6.45) is -1.78. The van der Waals surface area contributed by atoms with Crippen LogP contribution >= 0.6 is 0 Å². The lowest BCUT2D eigenvalue weighted by Crippen LogP contribution is -2.41. The molecule has 1 amide bonds. The van der Waals surface area contributed by atoms with E-state index in [4.69, 9.17) is 5.11 Å². The van der Waals surface area contributed by atoms with Gasteiger partial charge in [0.1, 0.15) is 5.75 Å². The quantitative estimate of drug-likeness (QED) is 0.796. The number of alkyl halides is 4. The molecule has 0 aliphatic heterocycles. The van der Waals surface area contributed by atoms with Gasteiger partial charge >= 0.3 is 12.3 Å². The zero-order valence-electron chi connectivity index (χ0n) is 8.33. The van der Waals surface area contributed by atoms with E-state index < -0.39 is 30.5 Å². The largest absolute Gasteiger partial charge is 0.505 e. The zero-order chi connectivity index (χ0) is 13.1. The van der Waals surface area contributed by atoms with Gasteiger partial charge in [0, 0.05) is 6.20 Å². The van der Waals surface area contributed by atoms with Gasteiger partial charge < -0.3 is 10.4 Å². The Hall–Kier alpha value is -1.86. The smallest absolute Gasteiger partial charge is 0.324 e. The number of hydrogen-bond acceptors (Lipinski definition) is 3. The van der Waals surface area contributed by atoms with E-state index in [0.717, 1.165) is 18.5 Å². The molecule has 17 heavy (non-hydrogen) atoms. The lowest BCUT2D eigenvalue weighted by molar-refractivity contribution is -0.123. The van der Waals surface area contributed by atoms with Gasteiger partial charge in [0.25, 0.3) is 5.91 Å². The highest BCUT2D eigenvalue weighted by atomic mass is 19.3. The molecular weight excluding hydrogens is 244 g/mol. The number of nitrogens with zero attached hydrogens (tertiary/aromatic N) is 1. The second-order valence-electron chi connectivity index (χ2n) is 3.14. The maximum Gasteiger partial charge on any atom is 0.324 e. The molecule has 8 heteroatoms. The summed E-state index contributed by atoms with van der Waals surface area (Å²) in [5.41, 5.74) is -0.315. The fourth-order valence-electron chi connectivity index (χ4n) is 0.949. The number of aromatic hydroxyl groups is 1. The second-order valence-corrected chi connectivity index (χ2v) is 3.14. The minimum Gasteiger partial charge on any atom is -0.505 e. The maximum absolute atomic E-state index is 12.5. The minimum absolute atomic E-state index is 0.315. The van der Waals surface area contributed by atoms with E-state index in [1.54, 1.807) is 5.32 Å². The molecule has 1 aromatic rings. The standard InChI is InChI=1S/C9H8F4N2O2/c10-8(11)9(12,13)4-15-7(17)5-1-2-14-3-6(5)16/h1-3,8,16H,4H2,(H,15,17). The summed E-state index contributed by atoms with van der Waals surface area (Å²) in [4.78, 5) is 14.7. The lowest BCUT2D eigenvalue weighted by Gasteiger charge is -2.15. The highest BCUT2D eigenvalue weighted by Crippen LogP contribution is 2.22. The van der Waals surface area contributed by atoms with Crippen LogP contribution in [0.1, 0.15) is 10.4 Å². The molecule has 0 unspecified atom stereocenters. The van der Waals surface area contributed by atoms with Crippen molar-refractivity contribution in [3.8, 4) is 5.75 Å². The first-order valence-electron chi connectivity index (χ1n) is 4.41.